The minimum Gasteiger partial charge on any atom is -0.379 e. The van der Waals surface area contributed by atoms with Gasteiger partial charge in [0.2, 0.25) is 5.91 Å². The first-order valence-corrected chi connectivity index (χ1v) is 8.95. The van der Waals surface area contributed by atoms with Gasteiger partial charge in [0, 0.05) is 31.8 Å². The molecule has 2 rings (SSSR count). The highest BCUT2D eigenvalue weighted by Crippen LogP contribution is 2.23. The van der Waals surface area contributed by atoms with Gasteiger partial charge in [-0.25, -0.2) is 0 Å². The average molecular weight is 371 g/mol. The lowest BCUT2D eigenvalue weighted by Crippen LogP contribution is -2.51. The van der Waals surface area contributed by atoms with Crippen molar-refractivity contribution in [3.63, 3.8) is 0 Å². The number of hydrogen-bond acceptors (Lipinski definition) is 3. The fourth-order valence-electron chi connectivity index (χ4n) is 2.75. The molecule has 0 spiro atoms. The summed E-state index contributed by atoms with van der Waals surface area (Å²) >= 11 is 11.9. The van der Waals surface area contributed by atoms with Gasteiger partial charge in [-0.2, -0.15) is 0 Å². The Morgan fingerprint density at radius 2 is 2.00 bits per heavy atom. The number of nitrogens with one attached hydrogen (secondary N) is 1. The molecule has 6 heteroatoms. The number of nitrogens with zero attached hydrogens (tertiary/aromatic N) is 1. The van der Waals surface area contributed by atoms with Crippen LogP contribution >= 0.6 is 23.2 Å². The van der Waals surface area contributed by atoms with Gasteiger partial charge in [0.05, 0.1) is 23.3 Å². The molecule has 1 aromatic rings. The molecule has 1 saturated heterocycles. The monoisotopic (exact) mass is 370 g/mol. The van der Waals surface area contributed by atoms with Crippen LogP contribution in [0.4, 0.5) is 0 Å². The van der Waals surface area contributed by atoms with Crippen molar-refractivity contribution in [2.24, 2.45) is 5.92 Å². The normalized spacial score (nSPS) is 17.4. The fourth-order valence-corrected chi connectivity index (χ4v) is 3.05. The third-order valence-corrected chi connectivity index (χ3v) is 4.88. The molecular weight excluding hydrogens is 347 g/mol. The van der Waals surface area contributed by atoms with E-state index in [1.54, 1.807) is 18.2 Å². The highest BCUT2D eigenvalue weighted by Gasteiger charge is 2.23. The number of rotatable bonds is 6. The Kier molecular flexibility index (Phi) is 7.56. The van der Waals surface area contributed by atoms with Crippen LogP contribution < -0.4 is 5.32 Å². The molecule has 4 nitrogen and oxygen atoms in total. The van der Waals surface area contributed by atoms with Gasteiger partial charge in [-0.15, -0.1) is 0 Å². The maximum atomic E-state index is 12.1. The molecule has 0 aliphatic carbocycles. The van der Waals surface area contributed by atoms with Crippen LogP contribution in [-0.4, -0.2) is 49.7 Å². The van der Waals surface area contributed by atoms with Gasteiger partial charge in [0.15, 0.2) is 0 Å². The zero-order valence-corrected chi connectivity index (χ0v) is 15.6. The summed E-state index contributed by atoms with van der Waals surface area (Å²) in [4.78, 5) is 14.5. The molecule has 0 aromatic heterocycles. The van der Waals surface area contributed by atoms with Crippen LogP contribution in [0.15, 0.2) is 24.3 Å². The van der Waals surface area contributed by atoms with E-state index in [2.05, 4.69) is 24.1 Å². The topological polar surface area (TPSA) is 41.6 Å². The number of halogens is 2. The molecule has 0 saturated carbocycles. The van der Waals surface area contributed by atoms with E-state index in [1.165, 1.54) is 6.08 Å². The molecule has 1 amide bonds. The first-order chi connectivity index (χ1) is 11.5. The van der Waals surface area contributed by atoms with Crippen LogP contribution in [0.3, 0.4) is 0 Å². The Bertz CT molecular complexity index is 584. The summed E-state index contributed by atoms with van der Waals surface area (Å²) in [5.41, 5.74) is 0.841. The van der Waals surface area contributed by atoms with Crippen molar-refractivity contribution in [3.05, 3.63) is 39.9 Å². The zero-order chi connectivity index (χ0) is 17.5. The minimum atomic E-state index is -0.111. The Morgan fingerprint density at radius 3 is 2.62 bits per heavy atom. The number of amides is 1. The second-order valence-electron chi connectivity index (χ2n) is 6.21. The summed E-state index contributed by atoms with van der Waals surface area (Å²) in [5.74, 6) is 0.349. The Balaban J connectivity index is 1.88. The number of morpholine rings is 1. The van der Waals surface area contributed by atoms with Crippen molar-refractivity contribution < 1.29 is 9.53 Å². The smallest absolute Gasteiger partial charge is 0.244 e. The van der Waals surface area contributed by atoms with Crippen molar-refractivity contribution in [2.45, 2.75) is 19.9 Å². The Labute approximate surface area is 153 Å². The van der Waals surface area contributed by atoms with Crippen LogP contribution in [0.2, 0.25) is 10.0 Å². The van der Waals surface area contributed by atoms with E-state index in [4.69, 9.17) is 27.9 Å². The number of ether oxygens (including phenoxy) is 1. The summed E-state index contributed by atoms with van der Waals surface area (Å²) in [7, 11) is 0. The lowest BCUT2D eigenvalue weighted by Gasteiger charge is -2.36. The summed E-state index contributed by atoms with van der Waals surface area (Å²) in [6.07, 6.45) is 3.26. The molecule has 0 bridgehead atoms. The second-order valence-corrected chi connectivity index (χ2v) is 7.03. The third kappa shape index (κ3) is 5.78. The second kappa shape index (κ2) is 9.42. The SMILES string of the molecule is CC(C)C(CNC(=O)/C=C/c1ccc(Cl)c(Cl)c1)N1CCOCC1. The molecule has 24 heavy (non-hydrogen) atoms. The standard InChI is InChI=1S/C18H24Cl2N2O2/c1-13(2)17(22-7-9-24-10-8-22)12-21-18(23)6-4-14-3-5-15(19)16(20)11-14/h3-6,11,13,17H,7-10,12H2,1-2H3,(H,21,23)/b6-4+. The van der Waals surface area contributed by atoms with Crippen molar-refractivity contribution in [2.75, 3.05) is 32.8 Å². The molecule has 132 valence electrons. The maximum absolute atomic E-state index is 12.1. The van der Waals surface area contributed by atoms with E-state index >= 15 is 0 Å². The zero-order valence-electron chi connectivity index (χ0n) is 14.1. The summed E-state index contributed by atoms with van der Waals surface area (Å²) in [6.45, 7) is 8.33. The Hall–Kier alpha value is -1.07. The van der Waals surface area contributed by atoms with Crippen molar-refractivity contribution >= 4 is 35.2 Å². The number of hydrogen-bond donors (Lipinski definition) is 1. The van der Waals surface area contributed by atoms with Crippen LogP contribution in [0.5, 0.6) is 0 Å². The molecule has 1 aliphatic rings. The van der Waals surface area contributed by atoms with E-state index in [0.717, 1.165) is 31.9 Å². The molecule has 1 aliphatic heterocycles. The van der Waals surface area contributed by atoms with Gasteiger partial charge in [-0.1, -0.05) is 43.1 Å². The van der Waals surface area contributed by atoms with Gasteiger partial charge in [0.1, 0.15) is 0 Å². The van der Waals surface area contributed by atoms with Crippen molar-refractivity contribution in [1.29, 1.82) is 0 Å². The first kappa shape index (κ1) is 19.3. The van der Waals surface area contributed by atoms with Gasteiger partial charge in [0.25, 0.3) is 0 Å². The largest absolute Gasteiger partial charge is 0.379 e. The van der Waals surface area contributed by atoms with Gasteiger partial charge in [-0.3, -0.25) is 9.69 Å². The molecule has 1 N–H and O–H groups in total. The molecule has 0 radical (unpaired) electrons. The summed E-state index contributed by atoms with van der Waals surface area (Å²) < 4.78 is 5.40. The van der Waals surface area contributed by atoms with E-state index in [0.29, 0.717) is 28.5 Å². The molecule has 1 atom stereocenters. The first-order valence-electron chi connectivity index (χ1n) is 8.20. The minimum absolute atomic E-state index is 0.111. The molecule has 1 unspecified atom stereocenters. The molecule has 1 fully saturated rings. The Morgan fingerprint density at radius 1 is 1.29 bits per heavy atom. The molecule has 1 aromatic carbocycles. The van der Waals surface area contributed by atoms with Crippen molar-refractivity contribution in [3.8, 4) is 0 Å². The van der Waals surface area contributed by atoms with Gasteiger partial charge >= 0.3 is 0 Å². The van der Waals surface area contributed by atoms with E-state index in [1.807, 2.05) is 6.07 Å². The van der Waals surface area contributed by atoms with E-state index in [9.17, 15) is 4.79 Å². The summed E-state index contributed by atoms with van der Waals surface area (Å²) in [6, 6.07) is 5.59. The fraction of sp³-hybridized carbons (Fsp3) is 0.500. The lowest BCUT2D eigenvalue weighted by atomic mass is 10.0. The van der Waals surface area contributed by atoms with Crippen LogP contribution in [0.25, 0.3) is 6.08 Å². The maximum Gasteiger partial charge on any atom is 0.244 e. The van der Waals surface area contributed by atoms with Crippen LogP contribution in [-0.2, 0) is 9.53 Å². The quantitative estimate of drug-likeness (QED) is 0.779. The molecule has 1 heterocycles. The number of carbonyl (C=O) groups is 1. The highest BCUT2D eigenvalue weighted by molar-refractivity contribution is 6.42. The van der Waals surface area contributed by atoms with Gasteiger partial charge in [-0.05, 0) is 29.7 Å². The van der Waals surface area contributed by atoms with Crippen LogP contribution in [0.1, 0.15) is 19.4 Å². The average Bonchev–Trinajstić information content (AvgIpc) is 2.57. The molecular formula is C18H24Cl2N2O2. The lowest BCUT2D eigenvalue weighted by molar-refractivity contribution is -0.116. The van der Waals surface area contributed by atoms with Crippen molar-refractivity contribution in [1.82, 2.24) is 10.2 Å². The highest BCUT2D eigenvalue weighted by atomic mass is 35.5. The number of carbonyl (C=O) groups excluding carboxylic acids is 1. The number of benzene rings is 1. The summed E-state index contributed by atoms with van der Waals surface area (Å²) in [5, 5.41) is 3.97. The van der Waals surface area contributed by atoms with Gasteiger partial charge < -0.3 is 10.1 Å². The predicted octanol–water partition coefficient (Wildman–Crippen LogP) is 3.48. The van der Waals surface area contributed by atoms with E-state index in [-0.39, 0.29) is 5.91 Å². The van der Waals surface area contributed by atoms with E-state index < -0.39 is 0 Å². The predicted molar refractivity (Wildman–Crippen MR) is 99.5 cm³/mol. The van der Waals surface area contributed by atoms with Crippen LogP contribution in [0, 0.1) is 5.92 Å². The third-order valence-electron chi connectivity index (χ3n) is 4.14.